The first-order valence-corrected chi connectivity index (χ1v) is 9.34. The highest BCUT2D eigenvalue weighted by Crippen LogP contribution is 2.11. The molecule has 7 nitrogen and oxygen atoms in total. The molecule has 0 spiro atoms. The van der Waals surface area contributed by atoms with E-state index in [-0.39, 0.29) is 18.4 Å². The van der Waals surface area contributed by atoms with Crippen LogP contribution in [0.4, 0.5) is 5.82 Å². The normalized spacial score (nSPS) is 15.2. The summed E-state index contributed by atoms with van der Waals surface area (Å²) in [7, 11) is 0. The SMILES string of the molecule is Cc1cc(N)n(CC(=O)N2CCCN(C(=O)Cc3ccsc3)CC2)n1. The molecule has 0 radical (unpaired) electrons. The van der Waals surface area contributed by atoms with Gasteiger partial charge in [-0.15, -0.1) is 0 Å². The Labute approximate surface area is 151 Å². The number of carbonyl (C=O) groups is 2. The quantitative estimate of drug-likeness (QED) is 0.885. The van der Waals surface area contributed by atoms with Gasteiger partial charge in [0.2, 0.25) is 11.8 Å². The summed E-state index contributed by atoms with van der Waals surface area (Å²) in [6, 6.07) is 3.73. The molecule has 3 rings (SSSR count). The van der Waals surface area contributed by atoms with Gasteiger partial charge in [-0.2, -0.15) is 16.4 Å². The van der Waals surface area contributed by atoms with Gasteiger partial charge in [-0.05, 0) is 35.7 Å². The molecule has 1 aliphatic rings. The van der Waals surface area contributed by atoms with Crippen molar-refractivity contribution in [3.05, 3.63) is 34.2 Å². The molecule has 0 aromatic carbocycles. The minimum absolute atomic E-state index is 0.0121. The molecule has 1 fully saturated rings. The fourth-order valence-corrected chi connectivity index (χ4v) is 3.68. The van der Waals surface area contributed by atoms with E-state index in [2.05, 4.69) is 5.10 Å². The fraction of sp³-hybridized carbons (Fsp3) is 0.471. The average molecular weight is 361 g/mol. The van der Waals surface area contributed by atoms with Gasteiger partial charge in [0.15, 0.2) is 0 Å². The first kappa shape index (κ1) is 17.5. The van der Waals surface area contributed by atoms with Crippen LogP contribution in [0, 0.1) is 6.92 Å². The summed E-state index contributed by atoms with van der Waals surface area (Å²) in [5.74, 6) is 0.606. The summed E-state index contributed by atoms with van der Waals surface area (Å²) in [6.07, 6.45) is 1.22. The van der Waals surface area contributed by atoms with Crippen LogP contribution in [-0.2, 0) is 22.6 Å². The van der Waals surface area contributed by atoms with Crippen LogP contribution in [0.1, 0.15) is 17.7 Å². The second-order valence-corrected chi connectivity index (χ2v) is 7.07. The molecule has 0 aliphatic carbocycles. The molecular weight excluding hydrogens is 338 g/mol. The lowest BCUT2D eigenvalue weighted by molar-refractivity contribution is -0.133. The van der Waals surface area contributed by atoms with E-state index in [9.17, 15) is 9.59 Å². The predicted molar refractivity (Wildman–Crippen MR) is 97.2 cm³/mol. The third-order valence-electron chi connectivity index (χ3n) is 4.36. The molecule has 1 aliphatic heterocycles. The van der Waals surface area contributed by atoms with E-state index in [0.717, 1.165) is 17.7 Å². The Bertz CT molecular complexity index is 740. The lowest BCUT2D eigenvalue weighted by Gasteiger charge is -2.22. The lowest BCUT2D eigenvalue weighted by atomic mass is 10.2. The second kappa shape index (κ2) is 7.69. The van der Waals surface area contributed by atoms with Crippen LogP contribution < -0.4 is 5.73 Å². The van der Waals surface area contributed by atoms with E-state index in [1.807, 2.05) is 28.7 Å². The van der Waals surface area contributed by atoms with E-state index >= 15 is 0 Å². The highest BCUT2D eigenvalue weighted by molar-refractivity contribution is 7.08. The highest BCUT2D eigenvalue weighted by Gasteiger charge is 2.22. The second-order valence-electron chi connectivity index (χ2n) is 6.29. The Morgan fingerprint density at radius 3 is 2.52 bits per heavy atom. The number of nitrogens with zero attached hydrogens (tertiary/aromatic N) is 4. The topological polar surface area (TPSA) is 84.5 Å². The van der Waals surface area contributed by atoms with E-state index < -0.39 is 0 Å². The fourth-order valence-electron chi connectivity index (χ4n) is 3.02. The van der Waals surface area contributed by atoms with E-state index in [1.165, 1.54) is 4.68 Å². The van der Waals surface area contributed by atoms with Crippen molar-refractivity contribution in [2.75, 3.05) is 31.9 Å². The molecule has 0 bridgehead atoms. The molecule has 2 N–H and O–H groups in total. The Hall–Kier alpha value is -2.35. The number of nitrogens with two attached hydrogens (primary N) is 1. The van der Waals surface area contributed by atoms with Crippen LogP contribution in [0.25, 0.3) is 0 Å². The predicted octanol–water partition coefficient (Wildman–Crippen LogP) is 1.14. The zero-order valence-electron chi connectivity index (χ0n) is 14.4. The summed E-state index contributed by atoms with van der Waals surface area (Å²) in [5.41, 5.74) is 7.70. The molecule has 8 heteroatoms. The first-order chi connectivity index (χ1) is 12.0. The number of thiophene rings is 1. The number of nitrogen functional groups attached to an aromatic ring is 1. The number of anilines is 1. The van der Waals surface area contributed by atoms with Crippen LogP contribution >= 0.6 is 11.3 Å². The van der Waals surface area contributed by atoms with Crippen molar-refractivity contribution >= 4 is 29.0 Å². The first-order valence-electron chi connectivity index (χ1n) is 8.39. The van der Waals surface area contributed by atoms with Crippen molar-refractivity contribution in [1.82, 2.24) is 19.6 Å². The maximum atomic E-state index is 12.5. The van der Waals surface area contributed by atoms with Crippen LogP contribution in [0.5, 0.6) is 0 Å². The van der Waals surface area contributed by atoms with Crippen molar-refractivity contribution in [3.8, 4) is 0 Å². The minimum atomic E-state index is -0.0121. The summed E-state index contributed by atoms with van der Waals surface area (Å²) in [4.78, 5) is 28.6. The van der Waals surface area contributed by atoms with Crippen molar-refractivity contribution in [2.45, 2.75) is 26.3 Å². The maximum Gasteiger partial charge on any atom is 0.244 e. The van der Waals surface area contributed by atoms with Crippen LogP contribution in [-0.4, -0.2) is 57.6 Å². The molecule has 2 amide bonds. The highest BCUT2D eigenvalue weighted by atomic mass is 32.1. The monoisotopic (exact) mass is 361 g/mol. The van der Waals surface area contributed by atoms with Gasteiger partial charge in [0.25, 0.3) is 0 Å². The molecule has 0 saturated carbocycles. The third-order valence-corrected chi connectivity index (χ3v) is 5.09. The average Bonchev–Trinajstić information content (AvgIpc) is 3.09. The van der Waals surface area contributed by atoms with Gasteiger partial charge in [-0.1, -0.05) is 0 Å². The molecule has 2 aromatic rings. The van der Waals surface area contributed by atoms with Crippen LogP contribution in [0.2, 0.25) is 0 Å². The van der Waals surface area contributed by atoms with Gasteiger partial charge in [0.1, 0.15) is 12.4 Å². The number of amides is 2. The molecule has 0 atom stereocenters. The number of rotatable bonds is 4. The number of hydrogen-bond acceptors (Lipinski definition) is 5. The Morgan fingerprint density at radius 2 is 1.92 bits per heavy atom. The molecule has 25 heavy (non-hydrogen) atoms. The summed E-state index contributed by atoms with van der Waals surface area (Å²) < 4.78 is 1.53. The van der Waals surface area contributed by atoms with Crippen LogP contribution in [0.15, 0.2) is 22.9 Å². The number of hydrogen-bond donors (Lipinski definition) is 1. The van der Waals surface area contributed by atoms with Crippen molar-refractivity contribution in [2.24, 2.45) is 0 Å². The van der Waals surface area contributed by atoms with E-state index in [1.54, 1.807) is 22.3 Å². The minimum Gasteiger partial charge on any atom is -0.384 e. The standard InChI is InChI=1S/C17H23N5O2S/c1-13-9-15(18)22(19-13)11-17(24)21-5-2-4-20(6-7-21)16(23)10-14-3-8-25-12-14/h3,8-9,12H,2,4-7,10-11,18H2,1H3. The molecule has 1 saturated heterocycles. The summed E-state index contributed by atoms with van der Waals surface area (Å²) in [5, 5.41) is 8.22. The van der Waals surface area contributed by atoms with E-state index in [4.69, 9.17) is 5.73 Å². The van der Waals surface area contributed by atoms with Crippen molar-refractivity contribution in [1.29, 1.82) is 0 Å². The molecule has 0 unspecified atom stereocenters. The van der Waals surface area contributed by atoms with E-state index in [0.29, 0.717) is 38.4 Å². The lowest BCUT2D eigenvalue weighted by Crippen LogP contribution is -2.39. The van der Waals surface area contributed by atoms with Gasteiger partial charge < -0.3 is 15.5 Å². The maximum absolute atomic E-state index is 12.5. The Morgan fingerprint density at radius 1 is 1.20 bits per heavy atom. The van der Waals surface area contributed by atoms with Gasteiger partial charge >= 0.3 is 0 Å². The van der Waals surface area contributed by atoms with Gasteiger partial charge in [0, 0.05) is 32.2 Å². The number of aryl methyl sites for hydroxylation is 1. The Balaban J connectivity index is 1.54. The molecule has 134 valence electrons. The van der Waals surface area contributed by atoms with Crippen molar-refractivity contribution < 1.29 is 9.59 Å². The number of aromatic nitrogens is 2. The largest absolute Gasteiger partial charge is 0.384 e. The van der Waals surface area contributed by atoms with Gasteiger partial charge in [-0.25, -0.2) is 4.68 Å². The molecule has 3 heterocycles. The zero-order chi connectivity index (χ0) is 17.8. The third kappa shape index (κ3) is 4.39. The van der Waals surface area contributed by atoms with Gasteiger partial charge in [0.05, 0.1) is 12.1 Å². The van der Waals surface area contributed by atoms with Gasteiger partial charge in [-0.3, -0.25) is 9.59 Å². The number of carbonyl (C=O) groups excluding carboxylic acids is 2. The smallest absolute Gasteiger partial charge is 0.244 e. The molecule has 2 aromatic heterocycles. The summed E-state index contributed by atoms with van der Waals surface area (Å²) in [6.45, 7) is 4.45. The summed E-state index contributed by atoms with van der Waals surface area (Å²) >= 11 is 1.60. The van der Waals surface area contributed by atoms with Crippen molar-refractivity contribution in [3.63, 3.8) is 0 Å². The molecular formula is C17H23N5O2S. The Kier molecular flexibility index (Phi) is 5.37. The van der Waals surface area contributed by atoms with Crippen LogP contribution in [0.3, 0.4) is 0 Å². The zero-order valence-corrected chi connectivity index (χ0v) is 15.2.